The zero-order valence-corrected chi connectivity index (χ0v) is 8.15. The van der Waals surface area contributed by atoms with Crippen LogP contribution >= 0.6 is 0 Å². The summed E-state index contributed by atoms with van der Waals surface area (Å²) in [7, 11) is -7.97. The highest BCUT2D eigenvalue weighted by Crippen LogP contribution is 2.05. The first-order valence-corrected chi connectivity index (χ1v) is 6.65. The van der Waals surface area contributed by atoms with Gasteiger partial charge in [0.15, 0.2) is 19.7 Å². The van der Waals surface area contributed by atoms with Crippen molar-refractivity contribution in [3.63, 3.8) is 0 Å². The molecule has 0 bridgehead atoms. The Bertz CT molecular complexity index is 346. The van der Waals surface area contributed by atoms with Gasteiger partial charge in [0.05, 0.1) is 0 Å². The van der Waals surface area contributed by atoms with E-state index in [2.05, 4.69) is 5.73 Å². The third-order valence-corrected chi connectivity index (χ3v) is 5.13. The number of nitrogens with two attached hydrogens (primary N) is 1. The van der Waals surface area contributed by atoms with Crippen LogP contribution in [0.4, 0.5) is 0 Å². The largest absolute Gasteiger partial charge is 0.368 e. The number of sulfone groups is 2. The number of primary amides is 1. The minimum absolute atomic E-state index is 0.642. The van der Waals surface area contributed by atoms with E-state index >= 15 is 0 Å². The van der Waals surface area contributed by atoms with Crippen LogP contribution in [0, 0.1) is 0 Å². The molecule has 0 aliphatic rings. The van der Waals surface area contributed by atoms with Crippen LogP contribution in [0.25, 0.3) is 0 Å². The van der Waals surface area contributed by atoms with Crippen molar-refractivity contribution in [3.8, 4) is 0 Å². The normalized spacial score (nSPS) is 13.2. The first kappa shape index (κ1) is 11.4. The second kappa shape index (κ2) is 3.02. The Kier molecular flexibility index (Phi) is 2.86. The van der Waals surface area contributed by atoms with Gasteiger partial charge < -0.3 is 5.73 Å². The van der Waals surface area contributed by atoms with Gasteiger partial charge in [-0.2, -0.15) is 0 Å². The Balaban J connectivity index is 5.42. The van der Waals surface area contributed by atoms with Crippen LogP contribution in [0.5, 0.6) is 0 Å². The van der Waals surface area contributed by atoms with Crippen LogP contribution in [0.1, 0.15) is 0 Å². The minimum atomic E-state index is -3.98. The molecule has 2 N–H and O–H groups in total. The molecule has 72 valence electrons. The Morgan fingerprint density at radius 3 is 1.33 bits per heavy atom. The van der Waals surface area contributed by atoms with Crippen molar-refractivity contribution < 1.29 is 21.6 Å². The van der Waals surface area contributed by atoms with E-state index < -0.39 is 30.2 Å². The fraction of sp³-hybridized carbons (Fsp3) is 0.750. The van der Waals surface area contributed by atoms with Crippen molar-refractivity contribution in [2.24, 2.45) is 5.73 Å². The molecule has 0 saturated carbocycles. The van der Waals surface area contributed by atoms with Crippen LogP contribution in [0.15, 0.2) is 0 Å². The standard InChI is InChI=1S/C4H9NO5S2/c1-11(7,8)4(3(5)6)12(2,9)10/h4H,1-2H3,(H2,5,6). The fourth-order valence-electron chi connectivity index (χ4n) is 0.739. The van der Waals surface area contributed by atoms with E-state index in [4.69, 9.17) is 0 Å². The number of carbonyl (C=O) groups is 1. The van der Waals surface area contributed by atoms with Crippen LogP contribution in [-0.2, 0) is 24.5 Å². The lowest BCUT2D eigenvalue weighted by Crippen LogP contribution is -2.41. The number of rotatable bonds is 3. The van der Waals surface area contributed by atoms with Gasteiger partial charge in [0.1, 0.15) is 0 Å². The highest BCUT2D eigenvalue weighted by molar-refractivity contribution is 8.09. The molecule has 8 heteroatoms. The predicted octanol–water partition coefficient (Wildman–Crippen LogP) is -2.11. The molecule has 0 fully saturated rings. The molecule has 0 unspecified atom stereocenters. The van der Waals surface area contributed by atoms with Gasteiger partial charge in [-0.25, -0.2) is 16.8 Å². The summed E-state index contributed by atoms with van der Waals surface area (Å²) in [6, 6.07) is 0. The van der Waals surface area contributed by atoms with E-state index in [-0.39, 0.29) is 0 Å². The summed E-state index contributed by atoms with van der Waals surface area (Å²) in [6.45, 7) is 0. The molecule has 6 nitrogen and oxygen atoms in total. The maximum atomic E-state index is 10.7. The first-order valence-electron chi connectivity index (χ1n) is 2.74. The summed E-state index contributed by atoms with van der Waals surface area (Å²) in [5, 5.41) is 0. The molecule has 0 spiro atoms. The number of hydrogen-bond acceptors (Lipinski definition) is 5. The minimum Gasteiger partial charge on any atom is -0.368 e. The maximum absolute atomic E-state index is 10.7. The van der Waals surface area contributed by atoms with Gasteiger partial charge in [-0.05, 0) is 0 Å². The summed E-state index contributed by atoms with van der Waals surface area (Å²) in [6.07, 6.45) is 1.28. The van der Waals surface area contributed by atoms with E-state index in [1.54, 1.807) is 0 Å². The molecule has 0 aromatic carbocycles. The Labute approximate surface area is 70.6 Å². The lowest BCUT2D eigenvalue weighted by Gasteiger charge is -2.07. The molecule has 0 rings (SSSR count). The Morgan fingerprint density at radius 1 is 1.08 bits per heavy atom. The average molecular weight is 215 g/mol. The highest BCUT2D eigenvalue weighted by atomic mass is 32.3. The van der Waals surface area contributed by atoms with Gasteiger partial charge in [-0.15, -0.1) is 0 Å². The lowest BCUT2D eigenvalue weighted by molar-refractivity contribution is -0.116. The van der Waals surface area contributed by atoms with Crippen molar-refractivity contribution in [1.82, 2.24) is 0 Å². The van der Waals surface area contributed by atoms with Crippen LogP contribution in [0.2, 0.25) is 0 Å². The molecule has 0 aliphatic carbocycles. The van der Waals surface area contributed by atoms with E-state index in [9.17, 15) is 21.6 Å². The quantitative estimate of drug-likeness (QED) is 0.579. The molecule has 0 saturated heterocycles. The van der Waals surface area contributed by atoms with Crippen molar-refractivity contribution in [3.05, 3.63) is 0 Å². The zero-order valence-electron chi connectivity index (χ0n) is 6.51. The smallest absolute Gasteiger partial charge is 0.251 e. The van der Waals surface area contributed by atoms with Crippen molar-refractivity contribution in [1.29, 1.82) is 0 Å². The highest BCUT2D eigenvalue weighted by Gasteiger charge is 2.36. The molecule has 0 aromatic rings. The van der Waals surface area contributed by atoms with Crippen LogP contribution < -0.4 is 5.73 Å². The lowest BCUT2D eigenvalue weighted by atomic mass is 10.7. The molecule has 0 radical (unpaired) electrons. The van der Waals surface area contributed by atoms with Gasteiger partial charge in [0, 0.05) is 12.5 Å². The van der Waals surface area contributed by atoms with Crippen LogP contribution in [-0.4, -0.2) is 39.8 Å². The van der Waals surface area contributed by atoms with Gasteiger partial charge >= 0.3 is 0 Å². The second-order valence-corrected chi connectivity index (χ2v) is 6.95. The summed E-state index contributed by atoms with van der Waals surface area (Å²) >= 11 is 0. The van der Waals surface area contributed by atoms with E-state index in [1.165, 1.54) is 0 Å². The molecule has 0 atom stereocenters. The van der Waals surface area contributed by atoms with Crippen molar-refractivity contribution >= 4 is 25.6 Å². The molecule has 0 aliphatic heterocycles. The molecule has 0 aromatic heterocycles. The fourth-order valence-corrected chi connectivity index (χ4v) is 4.12. The molecular weight excluding hydrogens is 206 g/mol. The first-order chi connectivity index (χ1) is 5.07. The van der Waals surface area contributed by atoms with Gasteiger partial charge in [0.2, 0.25) is 4.58 Å². The topological polar surface area (TPSA) is 111 Å². The molecular formula is C4H9NO5S2. The average Bonchev–Trinajstić information content (AvgIpc) is 1.49. The molecule has 1 amide bonds. The maximum Gasteiger partial charge on any atom is 0.251 e. The van der Waals surface area contributed by atoms with E-state index in [0.29, 0.717) is 12.5 Å². The monoisotopic (exact) mass is 215 g/mol. The van der Waals surface area contributed by atoms with Gasteiger partial charge in [-0.1, -0.05) is 0 Å². The third-order valence-electron chi connectivity index (χ3n) is 1.01. The van der Waals surface area contributed by atoms with Gasteiger partial charge in [-0.3, -0.25) is 4.79 Å². The second-order valence-electron chi connectivity index (χ2n) is 2.39. The zero-order chi connectivity index (χ0) is 10.2. The van der Waals surface area contributed by atoms with Gasteiger partial charge in [0.25, 0.3) is 5.91 Å². The van der Waals surface area contributed by atoms with E-state index in [1.807, 2.05) is 0 Å². The number of hydrogen-bond donors (Lipinski definition) is 1. The summed E-state index contributed by atoms with van der Waals surface area (Å²) in [4.78, 5) is 10.5. The Morgan fingerprint density at radius 2 is 1.33 bits per heavy atom. The summed E-state index contributed by atoms with van der Waals surface area (Å²) < 4.78 is 40.8. The van der Waals surface area contributed by atoms with E-state index in [0.717, 1.165) is 0 Å². The third kappa shape index (κ3) is 2.78. The molecule has 0 heterocycles. The van der Waals surface area contributed by atoms with Crippen LogP contribution in [0.3, 0.4) is 0 Å². The molecule has 12 heavy (non-hydrogen) atoms. The predicted molar refractivity (Wildman–Crippen MR) is 42.7 cm³/mol. The summed E-state index contributed by atoms with van der Waals surface area (Å²) in [5.41, 5.74) is 4.61. The SMILES string of the molecule is CS(=O)(=O)C(C(N)=O)S(C)(=O)=O. The van der Waals surface area contributed by atoms with Crippen molar-refractivity contribution in [2.75, 3.05) is 12.5 Å². The van der Waals surface area contributed by atoms with Crippen molar-refractivity contribution in [2.45, 2.75) is 4.58 Å². The number of amides is 1. The summed E-state index contributed by atoms with van der Waals surface area (Å²) in [5.74, 6) is -1.38. The number of carbonyl (C=O) groups excluding carboxylic acids is 1. The Hall–Kier alpha value is -0.630.